The van der Waals surface area contributed by atoms with Gasteiger partial charge in [-0.2, -0.15) is 0 Å². The van der Waals surface area contributed by atoms with E-state index in [-0.39, 0.29) is 17.3 Å². The minimum Gasteiger partial charge on any atom is -0.496 e. The summed E-state index contributed by atoms with van der Waals surface area (Å²) in [5.41, 5.74) is 1.03. The number of benzene rings is 2. The lowest BCUT2D eigenvalue weighted by molar-refractivity contribution is -0.384. The molecule has 24 heavy (non-hydrogen) atoms. The highest BCUT2D eigenvalue weighted by Gasteiger charge is 2.25. The zero-order valence-corrected chi connectivity index (χ0v) is 12.6. The van der Waals surface area contributed by atoms with Crippen LogP contribution in [0.25, 0.3) is 6.08 Å². The van der Waals surface area contributed by atoms with Gasteiger partial charge in [0, 0.05) is 23.3 Å². The Morgan fingerprint density at radius 1 is 1.21 bits per heavy atom. The van der Waals surface area contributed by atoms with Crippen molar-refractivity contribution in [2.24, 2.45) is 4.99 Å². The van der Waals surface area contributed by atoms with Gasteiger partial charge in [0.05, 0.1) is 12.0 Å². The van der Waals surface area contributed by atoms with Gasteiger partial charge in [-0.25, -0.2) is 9.79 Å². The molecule has 1 heterocycles. The summed E-state index contributed by atoms with van der Waals surface area (Å²) in [7, 11) is 1.53. The lowest BCUT2D eigenvalue weighted by Crippen LogP contribution is -2.05. The fraction of sp³-hybridized carbons (Fsp3) is 0.0588. The van der Waals surface area contributed by atoms with Crippen molar-refractivity contribution in [3.05, 3.63) is 75.5 Å². The number of hydrogen-bond donors (Lipinski definition) is 0. The van der Waals surface area contributed by atoms with Gasteiger partial charge in [0.2, 0.25) is 5.90 Å². The van der Waals surface area contributed by atoms with Crippen molar-refractivity contribution in [1.29, 1.82) is 0 Å². The summed E-state index contributed by atoms with van der Waals surface area (Å²) in [5.74, 6) is 0.00376. The number of nitro groups is 1. The minimum atomic E-state index is -0.623. The van der Waals surface area contributed by atoms with E-state index in [2.05, 4.69) is 4.99 Å². The van der Waals surface area contributed by atoms with Gasteiger partial charge in [-0.3, -0.25) is 10.1 Å². The van der Waals surface area contributed by atoms with Crippen molar-refractivity contribution < 1.29 is 19.2 Å². The second-order valence-corrected chi connectivity index (χ2v) is 4.89. The topological polar surface area (TPSA) is 91.0 Å². The van der Waals surface area contributed by atoms with E-state index >= 15 is 0 Å². The molecule has 3 rings (SSSR count). The SMILES string of the molecule is COc1ccccc1/C=C1\N=C(c2cccc([N+](=O)[O-])c2)OC1=O. The molecule has 1 aliphatic rings. The number of carbonyl (C=O) groups is 1. The average Bonchev–Trinajstić information content (AvgIpc) is 2.96. The van der Waals surface area contributed by atoms with Crippen LogP contribution in [0.4, 0.5) is 5.69 Å². The molecule has 0 spiro atoms. The highest BCUT2D eigenvalue weighted by Crippen LogP contribution is 2.25. The zero-order chi connectivity index (χ0) is 17.1. The summed E-state index contributed by atoms with van der Waals surface area (Å²) in [5, 5.41) is 10.8. The standard InChI is InChI=1S/C17H12N2O5/c1-23-15-8-3-2-5-11(15)10-14-17(20)24-16(18-14)12-6-4-7-13(9-12)19(21)22/h2-10H,1H3/b14-10-. The fourth-order valence-corrected chi connectivity index (χ4v) is 2.22. The van der Waals surface area contributed by atoms with Crippen LogP contribution in [-0.2, 0) is 9.53 Å². The molecule has 120 valence electrons. The molecule has 0 N–H and O–H groups in total. The Morgan fingerprint density at radius 3 is 2.75 bits per heavy atom. The summed E-state index contributed by atoms with van der Waals surface area (Å²) >= 11 is 0. The summed E-state index contributed by atoms with van der Waals surface area (Å²) in [6.07, 6.45) is 1.55. The Labute approximate surface area is 137 Å². The van der Waals surface area contributed by atoms with E-state index in [1.165, 1.54) is 25.3 Å². The molecular weight excluding hydrogens is 312 g/mol. The van der Waals surface area contributed by atoms with Crippen molar-refractivity contribution >= 4 is 23.6 Å². The number of carbonyl (C=O) groups excluding carboxylic acids is 1. The van der Waals surface area contributed by atoms with Crippen molar-refractivity contribution in [2.45, 2.75) is 0 Å². The van der Waals surface area contributed by atoms with E-state index in [0.29, 0.717) is 16.9 Å². The number of esters is 1. The van der Waals surface area contributed by atoms with Crippen molar-refractivity contribution in [1.82, 2.24) is 0 Å². The van der Waals surface area contributed by atoms with Gasteiger partial charge in [-0.15, -0.1) is 0 Å². The molecule has 0 radical (unpaired) electrons. The van der Waals surface area contributed by atoms with Gasteiger partial charge in [-0.1, -0.05) is 24.3 Å². The molecule has 0 unspecified atom stereocenters. The van der Waals surface area contributed by atoms with Crippen molar-refractivity contribution in [2.75, 3.05) is 7.11 Å². The molecule has 0 amide bonds. The van der Waals surface area contributed by atoms with Crippen LogP contribution in [0.15, 0.2) is 59.2 Å². The second kappa shape index (κ2) is 6.33. The van der Waals surface area contributed by atoms with Gasteiger partial charge >= 0.3 is 5.97 Å². The van der Waals surface area contributed by atoms with Crippen molar-refractivity contribution in [3.63, 3.8) is 0 Å². The summed E-state index contributed by atoms with van der Waals surface area (Å²) in [4.78, 5) is 26.5. The van der Waals surface area contributed by atoms with Gasteiger partial charge in [0.15, 0.2) is 5.70 Å². The maximum atomic E-state index is 12.0. The Balaban J connectivity index is 1.97. The third kappa shape index (κ3) is 3.00. The molecule has 0 aromatic heterocycles. The van der Waals surface area contributed by atoms with E-state index in [9.17, 15) is 14.9 Å². The summed E-state index contributed by atoms with van der Waals surface area (Å²) in [6, 6.07) is 12.9. The number of ether oxygens (including phenoxy) is 2. The third-order valence-corrected chi connectivity index (χ3v) is 3.36. The molecule has 2 aromatic carbocycles. The van der Waals surface area contributed by atoms with Gasteiger partial charge in [0.25, 0.3) is 5.69 Å². The third-order valence-electron chi connectivity index (χ3n) is 3.36. The molecular formula is C17H12N2O5. The highest BCUT2D eigenvalue weighted by molar-refractivity contribution is 6.13. The molecule has 0 aliphatic carbocycles. The van der Waals surface area contributed by atoms with E-state index in [0.717, 1.165) is 0 Å². The molecule has 0 saturated carbocycles. The normalized spacial score (nSPS) is 15.1. The Morgan fingerprint density at radius 2 is 2.00 bits per heavy atom. The Kier molecular flexibility index (Phi) is 4.07. The fourth-order valence-electron chi connectivity index (χ4n) is 2.22. The molecule has 0 saturated heterocycles. The van der Waals surface area contributed by atoms with Crippen LogP contribution < -0.4 is 4.74 Å². The van der Waals surface area contributed by atoms with Crippen LogP contribution in [-0.4, -0.2) is 23.9 Å². The largest absolute Gasteiger partial charge is 0.496 e. The number of methoxy groups -OCH3 is 1. The van der Waals surface area contributed by atoms with Gasteiger partial charge in [0.1, 0.15) is 5.75 Å². The van der Waals surface area contributed by atoms with E-state index in [1.807, 2.05) is 6.07 Å². The number of nitrogens with zero attached hydrogens (tertiary/aromatic N) is 2. The van der Waals surface area contributed by atoms with Crippen LogP contribution in [0, 0.1) is 10.1 Å². The predicted octanol–water partition coefficient (Wildman–Crippen LogP) is 2.95. The summed E-state index contributed by atoms with van der Waals surface area (Å²) in [6.45, 7) is 0. The average molecular weight is 324 g/mol. The van der Waals surface area contributed by atoms with Crippen LogP contribution in [0.2, 0.25) is 0 Å². The number of non-ortho nitro benzene ring substituents is 1. The smallest absolute Gasteiger partial charge is 0.363 e. The maximum Gasteiger partial charge on any atom is 0.363 e. The first-order valence-electron chi connectivity index (χ1n) is 6.99. The number of hydrogen-bond acceptors (Lipinski definition) is 6. The second-order valence-electron chi connectivity index (χ2n) is 4.89. The first-order chi connectivity index (χ1) is 11.6. The first kappa shape index (κ1) is 15.4. The monoisotopic (exact) mass is 324 g/mol. The lowest BCUT2D eigenvalue weighted by atomic mass is 10.1. The first-order valence-corrected chi connectivity index (χ1v) is 6.99. The molecule has 7 nitrogen and oxygen atoms in total. The Hall–Kier alpha value is -3.48. The van der Waals surface area contributed by atoms with E-state index in [1.54, 1.807) is 30.3 Å². The van der Waals surface area contributed by atoms with E-state index < -0.39 is 10.9 Å². The number of rotatable bonds is 4. The van der Waals surface area contributed by atoms with Crippen LogP contribution >= 0.6 is 0 Å². The number of para-hydroxylation sites is 1. The van der Waals surface area contributed by atoms with Gasteiger partial charge < -0.3 is 9.47 Å². The van der Waals surface area contributed by atoms with E-state index in [4.69, 9.17) is 9.47 Å². The predicted molar refractivity (Wildman–Crippen MR) is 86.7 cm³/mol. The zero-order valence-electron chi connectivity index (χ0n) is 12.6. The van der Waals surface area contributed by atoms with Crippen LogP contribution in [0.1, 0.15) is 11.1 Å². The summed E-state index contributed by atoms with van der Waals surface area (Å²) < 4.78 is 10.3. The molecule has 0 bridgehead atoms. The maximum absolute atomic E-state index is 12.0. The number of nitro benzene ring substituents is 1. The highest BCUT2D eigenvalue weighted by atomic mass is 16.6. The minimum absolute atomic E-state index is 0.0323. The number of cyclic esters (lactones) is 1. The molecule has 0 fully saturated rings. The lowest BCUT2D eigenvalue weighted by Gasteiger charge is -2.03. The molecule has 1 aliphatic heterocycles. The quantitative estimate of drug-likeness (QED) is 0.373. The Bertz CT molecular complexity index is 886. The molecule has 2 aromatic rings. The van der Waals surface area contributed by atoms with Crippen LogP contribution in [0.5, 0.6) is 5.75 Å². The molecule has 0 atom stereocenters. The molecule has 7 heteroatoms. The van der Waals surface area contributed by atoms with Gasteiger partial charge in [-0.05, 0) is 18.2 Å². The number of aliphatic imine (C=N–C) groups is 1. The van der Waals surface area contributed by atoms with Crippen molar-refractivity contribution in [3.8, 4) is 5.75 Å². The van der Waals surface area contributed by atoms with Crippen LogP contribution in [0.3, 0.4) is 0 Å².